The van der Waals surface area contributed by atoms with Crippen molar-refractivity contribution in [2.75, 3.05) is 26.7 Å². The monoisotopic (exact) mass is 401 g/mol. The van der Waals surface area contributed by atoms with E-state index in [9.17, 15) is 19.6 Å². The highest BCUT2D eigenvalue weighted by Gasteiger charge is 2.57. The third-order valence-electron chi connectivity index (χ3n) is 6.71. The predicted molar refractivity (Wildman–Crippen MR) is 103 cm³/mol. The molecule has 3 aliphatic rings. The van der Waals surface area contributed by atoms with Gasteiger partial charge in [-0.15, -0.1) is 0 Å². The minimum atomic E-state index is -0.963. The molecule has 1 aromatic rings. The summed E-state index contributed by atoms with van der Waals surface area (Å²) in [6.45, 7) is 1.52. The van der Waals surface area contributed by atoms with Crippen LogP contribution >= 0.6 is 0 Å². The molecule has 2 saturated heterocycles. The largest absolute Gasteiger partial charge is 0.453 e. The van der Waals surface area contributed by atoms with Gasteiger partial charge in [-0.3, -0.25) is 19.7 Å². The number of hydrogen-bond donors (Lipinski definition) is 2. The fourth-order valence-electron chi connectivity index (χ4n) is 4.92. The molecule has 0 bridgehead atoms. The van der Waals surface area contributed by atoms with Gasteiger partial charge in [0.05, 0.1) is 13.0 Å². The number of carbonyl (C=O) groups excluding carboxylic acids is 3. The molecule has 3 fully saturated rings. The first-order valence-corrected chi connectivity index (χ1v) is 10.1. The van der Waals surface area contributed by atoms with Crippen molar-refractivity contribution in [3.8, 4) is 0 Å². The molecule has 3 atom stereocenters. The summed E-state index contributed by atoms with van der Waals surface area (Å²) in [5.74, 6) is -1.44. The lowest BCUT2D eigenvalue weighted by Crippen LogP contribution is -2.61. The summed E-state index contributed by atoms with van der Waals surface area (Å²) in [5, 5.41) is 9.26. The topological polar surface area (TPSA) is 99.2 Å². The van der Waals surface area contributed by atoms with Gasteiger partial charge in [0.1, 0.15) is 6.04 Å². The van der Waals surface area contributed by atoms with E-state index in [1.165, 1.54) is 17.6 Å². The molecule has 2 aliphatic heterocycles. The quantitative estimate of drug-likeness (QED) is 0.594. The maximum Gasteiger partial charge on any atom is 0.410 e. The molecule has 1 saturated carbocycles. The van der Waals surface area contributed by atoms with Crippen LogP contribution in [0.3, 0.4) is 0 Å². The standard InChI is InChI=1S/C21H27N3O5/c1-29-20(27)24-13-21(8-9-21)11-16(18(25)22-28)17(24)19(26)23-10-7-15(12-23)14-5-3-2-4-6-14/h2-6,15-17,28H,7-13H2,1H3,(H,22,25)/t15-,16-,17-/m0/s1. The molecule has 8 nitrogen and oxygen atoms in total. The molecule has 8 heteroatoms. The van der Waals surface area contributed by atoms with E-state index in [-0.39, 0.29) is 17.2 Å². The van der Waals surface area contributed by atoms with Gasteiger partial charge in [0.2, 0.25) is 11.8 Å². The van der Waals surface area contributed by atoms with Gasteiger partial charge >= 0.3 is 6.09 Å². The maximum atomic E-state index is 13.5. The molecule has 1 aliphatic carbocycles. The SMILES string of the molecule is COC(=O)N1CC2(CC2)C[C@H](C(=O)NO)[C@H]1C(=O)N1CC[C@H](c2ccccc2)C1. The molecule has 156 valence electrons. The van der Waals surface area contributed by atoms with Gasteiger partial charge in [-0.2, -0.15) is 0 Å². The van der Waals surface area contributed by atoms with Crippen LogP contribution in [0.15, 0.2) is 30.3 Å². The second-order valence-corrected chi connectivity index (χ2v) is 8.51. The van der Waals surface area contributed by atoms with E-state index in [4.69, 9.17) is 4.74 Å². The summed E-state index contributed by atoms with van der Waals surface area (Å²) in [5.41, 5.74) is 2.72. The number of nitrogens with one attached hydrogen (secondary N) is 1. The molecule has 1 spiro atoms. The van der Waals surface area contributed by atoms with Crippen molar-refractivity contribution >= 4 is 17.9 Å². The second kappa shape index (κ2) is 7.67. The number of piperidine rings is 1. The number of carbonyl (C=O) groups is 3. The van der Waals surface area contributed by atoms with Gasteiger partial charge in [0, 0.05) is 25.6 Å². The smallest absolute Gasteiger partial charge is 0.410 e. The van der Waals surface area contributed by atoms with E-state index < -0.39 is 24.0 Å². The zero-order valence-electron chi connectivity index (χ0n) is 16.5. The summed E-state index contributed by atoms with van der Waals surface area (Å²) >= 11 is 0. The average molecular weight is 401 g/mol. The Morgan fingerprint density at radius 2 is 1.93 bits per heavy atom. The summed E-state index contributed by atoms with van der Waals surface area (Å²) in [6.07, 6.45) is 2.51. The summed E-state index contributed by atoms with van der Waals surface area (Å²) in [6, 6.07) is 9.07. The highest BCUT2D eigenvalue weighted by Crippen LogP contribution is 2.55. The fourth-order valence-corrected chi connectivity index (χ4v) is 4.92. The first-order chi connectivity index (χ1) is 14.0. The zero-order valence-corrected chi connectivity index (χ0v) is 16.5. The van der Waals surface area contributed by atoms with Crippen LogP contribution in [0.5, 0.6) is 0 Å². The molecule has 0 aromatic heterocycles. The van der Waals surface area contributed by atoms with E-state index >= 15 is 0 Å². The third-order valence-corrected chi connectivity index (χ3v) is 6.71. The van der Waals surface area contributed by atoms with Crippen molar-refractivity contribution in [3.63, 3.8) is 0 Å². The lowest BCUT2D eigenvalue weighted by molar-refractivity contribution is -0.149. The van der Waals surface area contributed by atoms with E-state index in [1.807, 2.05) is 18.2 Å². The lowest BCUT2D eigenvalue weighted by Gasteiger charge is -2.43. The Bertz CT molecular complexity index is 767. The predicted octanol–water partition coefficient (Wildman–Crippen LogP) is 1.75. The van der Waals surface area contributed by atoms with Gasteiger partial charge in [-0.25, -0.2) is 10.3 Å². The van der Waals surface area contributed by atoms with E-state index in [2.05, 4.69) is 12.1 Å². The molecule has 4 rings (SSSR count). The fraction of sp³-hybridized carbons (Fsp3) is 0.571. The van der Waals surface area contributed by atoms with Crippen molar-refractivity contribution in [3.05, 3.63) is 35.9 Å². The van der Waals surface area contributed by atoms with Crippen LogP contribution in [-0.2, 0) is 14.3 Å². The van der Waals surface area contributed by atoms with Crippen molar-refractivity contribution in [2.45, 2.75) is 37.6 Å². The highest BCUT2D eigenvalue weighted by atomic mass is 16.5. The molecular formula is C21H27N3O5. The van der Waals surface area contributed by atoms with Crippen LogP contribution < -0.4 is 5.48 Å². The number of methoxy groups -OCH3 is 1. The average Bonchev–Trinajstić information content (AvgIpc) is 3.31. The number of benzene rings is 1. The molecule has 29 heavy (non-hydrogen) atoms. The number of hydrogen-bond acceptors (Lipinski definition) is 5. The summed E-state index contributed by atoms with van der Waals surface area (Å²) < 4.78 is 4.93. The Kier molecular flexibility index (Phi) is 5.21. The van der Waals surface area contributed by atoms with Gasteiger partial charge in [0.25, 0.3) is 0 Å². The molecule has 1 aromatic carbocycles. The Labute approximate surface area is 169 Å². The molecule has 2 heterocycles. The maximum absolute atomic E-state index is 13.5. The summed E-state index contributed by atoms with van der Waals surface area (Å²) in [7, 11) is 1.28. The number of rotatable bonds is 3. The molecule has 2 N–H and O–H groups in total. The van der Waals surface area contributed by atoms with Crippen molar-refractivity contribution in [2.24, 2.45) is 11.3 Å². The van der Waals surface area contributed by atoms with E-state index in [0.29, 0.717) is 26.1 Å². The molecule has 3 amide bonds. The van der Waals surface area contributed by atoms with Gasteiger partial charge in [-0.1, -0.05) is 30.3 Å². The highest BCUT2D eigenvalue weighted by molar-refractivity contribution is 5.93. The number of nitrogens with zero attached hydrogens (tertiary/aromatic N) is 2. The van der Waals surface area contributed by atoms with Crippen LogP contribution in [0.25, 0.3) is 0 Å². The number of likely N-dealkylation sites (tertiary alicyclic amines) is 2. The Morgan fingerprint density at radius 1 is 1.21 bits per heavy atom. The minimum Gasteiger partial charge on any atom is -0.453 e. The van der Waals surface area contributed by atoms with Crippen molar-refractivity contribution < 1.29 is 24.3 Å². The molecular weight excluding hydrogens is 374 g/mol. The van der Waals surface area contributed by atoms with Crippen molar-refractivity contribution in [1.29, 1.82) is 0 Å². The molecule has 0 radical (unpaired) electrons. The number of hydroxylamine groups is 1. The minimum absolute atomic E-state index is 0.153. The zero-order chi connectivity index (χ0) is 20.6. The lowest BCUT2D eigenvalue weighted by atomic mass is 9.80. The first kappa shape index (κ1) is 19.7. The van der Waals surface area contributed by atoms with E-state index in [0.717, 1.165) is 19.3 Å². The number of amides is 3. The van der Waals surface area contributed by atoms with Gasteiger partial charge in [0.15, 0.2) is 0 Å². The van der Waals surface area contributed by atoms with Crippen LogP contribution in [0, 0.1) is 11.3 Å². The van der Waals surface area contributed by atoms with Gasteiger partial charge < -0.3 is 9.64 Å². The number of ether oxygens (including phenoxy) is 1. The van der Waals surface area contributed by atoms with Gasteiger partial charge in [-0.05, 0) is 36.7 Å². The van der Waals surface area contributed by atoms with Crippen LogP contribution in [-0.4, -0.2) is 65.7 Å². The molecule has 0 unspecified atom stereocenters. The van der Waals surface area contributed by atoms with Crippen molar-refractivity contribution in [1.82, 2.24) is 15.3 Å². The Morgan fingerprint density at radius 3 is 2.55 bits per heavy atom. The van der Waals surface area contributed by atoms with Crippen LogP contribution in [0.4, 0.5) is 4.79 Å². The van der Waals surface area contributed by atoms with E-state index in [1.54, 1.807) is 10.4 Å². The first-order valence-electron chi connectivity index (χ1n) is 10.1. The second-order valence-electron chi connectivity index (χ2n) is 8.51. The van der Waals surface area contributed by atoms with Crippen LogP contribution in [0.1, 0.15) is 37.2 Å². The Hall–Kier alpha value is -2.61. The van der Waals surface area contributed by atoms with Crippen LogP contribution in [0.2, 0.25) is 0 Å². The normalized spacial score (nSPS) is 27.6. The Balaban J connectivity index is 1.58. The summed E-state index contributed by atoms with van der Waals surface area (Å²) in [4.78, 5) is 41.6. The third kappa shape index (κ3) is 3.69.